The van der Waals surface area contributed by atoms with Crippen LogP contribution in [-0.4, -0.2) is 67.0 Å². The summed E-state index contributed by atoms with van der Waals surface area (Å²) in [5.41, 5.74) is 2.85. The van der Waals surface area contributed by atoms with E-state index in [1.807, 2.05) is 42.7 Å². The Hall–Kier alpha value is -3.04. The number of carbonyl (C=O) groups excluding carboxylic acids is 2. The summed E-state index contributed by atoms with van der Waals surface area (Å²) >= 11 is 1.52. The predicted molar refractivity (Wildman–Crippen MR) is 136 cm³/mol. The van der Waals surface area contributed by atoms with Crippen molar-refractivity contribution in [2.75, 3.05) is 32.3 Å². The number of benzene rings is 2. The number of ether oxygens (including phenoxy) is 2. The van der Waals surface area contributed by atoms with Gasteiger partial charge in [0.25, 0.3) is 0 Å². The fraction of sp³-hybridized carbons (Fsp3) is 0.423. The molecular weight excluding hydrogens is 468 g/mol. The third-order valence-electron chi connectivity index (χ3n) is 6.33. The van der Waals surface area contributed by atoms with Gasteiger partial charge in [0, 0.05) is 13.0 Å². The Labute approximate surface area is 209 Å². The minimum atomic E-state index is -1.58. The fourth-order valence-electron chi connectivity index (χ4n) is 4.35. The topological polar surface area (TPSA) is 114 Å². The summed E-state index contributed by atoms with van der Waals surface area (Å²) in [5, 5.41) is 14.9. The molecule has 3 N–H and O–H groups in total. The van der Waals surface area contributed by atoms with Crippen LogP contribution in [0.25, 0.3) is 11.1 Å². The zero-order chi connectivity index (χ0) is 25.4. The number of hydrogen-bond donors (Lipinski definition) is 3. The van der Waals surface area contributed by atoms with Gasteiger partial charge in [0.1, 0.15) is 12.6 Å². The zero-order valence-corrected chi connectivity index (χ0v) is 21.0. The lowest BCUT2D eigenvalue weighted by Gasteiger charge is -2.30. The smallest absolute Gasteiger partial charge is 0.407 e. The van der Waals surface area contributed by atoms with Crippen molar-refractivity contribution >= 4 is 29.7 Å². The Morgan fingerprint density at radius 2 is 1.69 bits per heavy atom. The third kappa shape index (κ3) is 5.97. The van der Waals surface area contributed by atoms with E-state index in [9.17, 15) is 19.5 Å². The standard InChI is InChI=1S/C26H32N2O6S/c1-4-26(16-33-2,24(30)31)28-23(29)22(13-14-35-3)27-25(32)34-15-21-19-11-7-5-9-17(19)18-10-6-8-12-20(18)21/h5-12,21-22H,4,13-16H2,1-3H3,(H,27,32)(H,28,29)(H,30,31)/t22-,26?/m1/s1. The summed E-state index contributed by atoms with van der Waals surface area (Å²) in [6, 6.07) is 15.1. The van der Waals surface area contributed by atoms with Gasteiger partial charge in [-0.3, -0.25) is 4.79 Å². The summed E-state index contributed by atoms with van der Waals surface area (Å²) < 4.78 is 10.6. The first-order valence-electron chi connectivity index (χ1n) is 11.5. The summed E-state index contributed by atoms with van der Waals surface area (Å²) in [5.74, 6) is -1.29. The van der Waals surface area contributed by atoms with Crippen molar-refractivity contribution < 1.29 is 29.0 Å². The predicted octanol–water partition coefficient (Wildman–Crippen LogP) is 3.64. The molecule has 0 spiro atoms. The van der Waals surface area contributed by atoms with Gasteiger partial charge in [0.15, 0.2) is 5.54 Å². The molecule has 0 saturated heterocycles. The number of amides is 2. The number of fused-ring (bicyclic) bond motifs is 3. The van der Waals surface area contributed by atoms with Crippen LogP contribution in [-0.2, 0) is 19.1 Å². The van der Waals surface area contributed by atoms with Crippen LogP contribution in [0, 0.1) is 0 Å². The molecule has 2 aromatic carbocycles. The number of carbonyl (C=O) groups is 3. The quantitative estimate of drug-likeness (QED) is 0.408. The molecule has 0 aliphatic heterocycles. The zero-order valence-electron chi connectivity index (χ0n) is 20.2. The van der Waals surface area contributed by atoms with Gasteiger partial charge in [-0.25, -0.2) is 9.59 Å². The second kappa shape index (κ2) is 12.1. The fourth-order valence-corrected chi connectivity index (χ4v) is 4.82. The summed E-state index contributed by atoms with van der Waals surface area (Å²) in [6.07, 6.45) is 1.62. The molecule has 1 aliphatic carbocycles. The van der Waals surface area contributed by atoms with Crippen LogP contribution >= 0.6 is 11.8 Å². The van der Waals surface area contributed by atoms with E-state index in [1.54, 1.807) is 6.92 Å². The molecule has 1 unspecified atom stereocenters. The van der Waals surface area contributed by atoms with E-state index in [1.165, 1.54) is 18.9 Å². The van der Waals surface area contributed by atoms with Crippen molar-refractivity contribution in [1.29, 1.82) is 0 Å². The molecule has 0 radical (unpaired) electrons. The van der Waals surface area contributed by atoms with Crippen LogP contribution in [0.2, 0.25) is 0 Å². The Balaban J connectivity index is 1.69. The van der Waals surface area contributed by atoms with Crippen molar-refractivity contribution in [3.8, 4) is 11.1 Å². The van der Waals surface area contributed by atoms with E-state index < -0.39 is 29.6 Å². The van der Waals surface area contributed by atoms with Crippen molar-refractivity contribution in [1.82, 2.24) is 10.6 Å². The van der Waals surface area contributed by atoms with Crippen LogP contribution in [0.15, 0.2) is 48.5 Å². The second-order valence-corrected chi connectivity index (χ2v) is 9.45. The average Bonchev–Trinajstić information content (AvgIpc) is 3.18. The lowest BCUT2D eigenvalue weighted by atomic mass is 9.96. The molecule has 8 nitrogen and oxygen atoms in total. The van der Waals surface area contributed by atoms with E-state index in [2.05, 4.69) is 22.8 Å². The van der Waals surface area contributed by atoms with Gasteiger partial charge in [0.2, 0.25) is 5.91 Å². The van der Waals surface area contributed by atoms with Gasteiger partial charge < -0.3 is 25.2 Å². The minimum Gasteiger partial charge on any atom is -0.479 e. The second-order valence-electron chi connectivity index (χ2n) is 8.47. The summed E-state index contributed by atoms with van der Waals surface area (Å²) in [6.45, 7) is 1.59. The molecule has 1 aliphatic rings. The van der Waals surface area contributed by atoms with Gasteiger partial charge in [-0.15, -0.1) is 0 Å². The highest BCUT2D eigenvalue weighted by atomic mass is 32.2. The van der Waals surface area contributed by atoms with E-state index in [-0.39, 0.29) is 25.6 Å². The van der Waals surface area contributed by atoms with Crippen molar-refractivity contribution in [3.63, 3.8) is 0 Å². The van der Waals surface area contributed by atoms with Crippen LogP contribution < -0.4 is 10.6 Å². The molecule has 188 valence electrons. The van der Waals surface area contributed by atoms with E-state index in [4.69, 9.17) is 9.47 Å². The SMILES string of the molecule is CCC(COC)(NC(=O)[C@@H](CCSC)NC(=O)OCC1c2ccccc2-c2ccccc21)C(=O)O. The summed E-state index contributed by atoms with van der Waals surface area (Å²) in [4.78, 5) is 37.6. The van der Waals surface area contributed by atoms with Gasteiger partial charge >= 0.3 is 12.1 Å². The third-order valence-corrected chi connectivity index (χ3v) is 6.97. The van der Waals surface area contributed by atoms with Crippen molar-refractivity contribution in [3.05, 3.63) is 59.7 Å². The van der Waals surface area contributed by atoms with Crippen LogP contribution in [0.1, 0.15) is 36.8 Å². The number of hydrogen-bond acceptors (Lipinski definition) is 6. The number of alkyl carbamates (subject to hydrolysis) is 1. The van der Waals surface area contributed by atoms with Crippen LogP contribution in [0.4, 0.5) is 4.79 Å². The maximum absolute atomic E-state index is 13.0. The molecule has 0 heterocycles. The van der Waals surface area contributed by atoms with Crippen molar-refractivity contribution in [2.24, 2.45) is 0 Å². The number of carboxylic acid groups (broad SMARTS) is 1. The van der Waals surface area contributed by atoms with E-state index in [0.29, 0.717) is 12.2 Å². The Morgan fingerprint density at radius 3 is 2.20 bits per heavy atom. The normalized spacial score (nSPS) is 14.8. The lowest BCUT2D eigenvalue weighted by Crippen LogP contribution is -2.61. The van der Waals surface area contributed by atoms with E-state index in [0.717, 1.165) is 22.3 Å². The number of thioether (sulfide) groups is 1. The number of carboxylic acids is 1. The molecule has 0 aromatic heterocycles. The first kappa shape index (κ1) is 26.6. The Kier molecular flexibility index (Phi) is 9.17. The molecule has 35 heavy (non-hydrogen) atoms. The Bertz CT molecular complexity index is 1020. The molecule has 2 atom stereocenters. The minimum absolute atomic E-state index is 0.104. The monoisotopic (exact) mass is 500 g/mol. The van der Waals surface area contributed by atoms with E-state index >= 15 is 0 Å². The number of aliphatic carboxylic acids is 1. The highest BCUT2D eigenvalue weighted by molar-refractivity contribution is 7.98. The molecule has 0 bridgehead atoms. The van der Waals surface area contributed by atoms with Gasteiger partial charge in [-0.1, -0.05) is 55.5 Å². The van der Waals surface area contributed by atoms with Gasteiger partial charge in [-0.2, -0.15) is 11.8 Å². The van der Waals surface area contributed by atoms with Gasteiger partial charge in [0.05, 0.1) is 6.61 Å². The number of rotatable bonds is 12. The number of nitrogens with one attached hydrogen (secondary N) is 2. The molecular formula is C26H32N2O6S. The first-order chi connectivity index (χ1) is 16.9. The summed E-state index contributed by atoms with van der Waals surface area (Å²) in [7, 11) is 1.37. The molecule has 3 rings (SSSR count). The largest absolute Gasteiger partial charge is 0.479 e. The lowest BCUT2D eigenvalue weighted by molar-refractivity contribution is -0.150. The average molecular weight is 501 g/mol. The maximum atomic E-state index is 13.0. The first-order valence-corrected chi connectivity index (χ1v) is 12.9. The van der Waals surface area contributed by atoms with Crippen LogP contribution in [0.3, 0.4) is 0 Å². The molecule has 0 fully saturated rings. The molecule has 9 heteroatoms. The van der Waals surface area contributed by atoms with Crippen molar-refractivity contribution in [2.45, 2.75) is 37.3 Å². The Morgan fingerprint density at radius 1 is 1.09 bits per heavy atom. The highest BCUT2D eigenvalue weighted by Crippen LogP contribution is 2.44. The maximum Gasteiger partial charge on any atom is 0.407 e. The molecule has 2 amide bonds. The molecule has 0 saturated carbocycles. The number of methoxy groups -OCH3 is 1. The van der Waals surface area contributed by atoms with Gasteiger partial charge in [-0.05, 0) is 47.1 Å². The molecule has 2 aromatic rings. The highest BCUT2D eigenvalue weighted by Gasteiger charge is 2.40. The van der Waals surface area contributed by atoms with Crippen LogP contribution in [0.5, 0.6) is 0 Å².